The summed E-state index contributed by atoms with van der Waals surface area (Å²) in [4.78, 5) is 19.8. The van der Waals surface area contributed by atoms with Gasteiger partial charge < -0.3 is 9.42 Å². The molecule has 0 spiro atoms. The topological polar surface area (TPSA) is 96.6 Å². The number of amides is 1. The zero-order valence-corrected chi connectivity index (χ0v) is 20.4. The average Bonchev–Trinajstić information content (AvgIpc) is 3.38. The molecule has 1 saturated heterocycles. The number of aryl methyl sites for hydroxylation is 1. The van der Waals surface area contributed by atoms with E-state index in [2.05, 4.69) is 10.1 Å². The van der Waals surface area contributed by atoms with Crippen LogP contribution < -0.4 is 0 Å². The van der Waals surface area contributed by atoms with Gasteiger partial charge in [0.05, 0.1) is 4.90 Å². The molecule has 4 aromatic rings. The summed E-state index contributed by atoms with van der Waals surface area (Å²) in [6, 6.07) is 20.0. The first-order valence-corrected chi connectivity index (χ1v) is 12.9. The molecule has 2 unspecified atom stereocenters. The molecule has 1 amide bonds. The van der Waals surface area contributed by atoms with E-state index in [0.717, 1.165) is 16.5 Å². The van der Waals surface area contributed by atoms with E-state index in [-0.39, 0.29) is 30.4 Å². The van der Waals surface area contributed by atoms with Gasteiger partial charge >= 0.3 is 0 Å². The number of sulfonamides is 1. The Hall–Kier alpha value is -3.56. The van der Waals surface area contributed by atoms with E-state index in [4.69, 9.17) is 4.52 Å². The van der Waals surface area contributed by atoms with E-state index in [1.54, 1.807) is 17.0 Å². The number of carbonyl (C=O) groups is 1. The second-order valence-corrected chi connectivity index (χ2v) is 10.7. The van der Waals surface area contributed by atoms with Crippen molar-refractivity contribution in [2.24, 2.45) is 0 Å². The van der Waals surface area contributed by atoms with Crippen LogP contribution >= 0.6 is 0 Å². The Labute approximate surface area is 204 Å². The lowest BCUT2D eigenvalue weighted by Crippen LogP contribution is -2.56. The highest BCUT2D eigenvalue weighted by atomic mass is 32.2. The summed E-state index contributed by atoms with van der Waals surface area (Å²) >= 11 is 0. The second-order valence-electron chi connectivity index (χ2n) is 8.86. The summed E-state index contributed by atoms with van der Waals surface area (Å²) in [5.41, 5.74) is 1.79. The molecule has 8 nitrogen and oxygen atoms in total. The molecule has 0 aliphatic carbocycles. The van der Waals surface area contributed by atoms with Crippen LogP contribution in [0.1, 0.15) is 29.8 Å². The van der Waals surface area contributed by atoms with Crippen molar-refractivity contribution in [1.82, 2.24) is 19.3 Å². The van der Waals surface area contributed by atoms with Gasteiger partial charge in [-0.3, -0.25) is 4.79 Å². The van der Waals surface area contributed by atoms with E-state index in [0.29, 0.717) is 11.2 Å². The molecule has 2 heterocycles. The number of hydrogen-bond donors (Lipinski definition) is 0. The highest BCUT2D eigenvalue weighted by Gasteiger charge is 2.39. The van der Waals surface area contributed by atoms with Gasteiger partial charge in [0.1, 0.15) is 5.92 Å². The van der Waals surface area contributed by atoms with Gasteiger partial charge in [0.15, 0.2) is 5.82 Å². The molecule has 2 atom stereocenters. The molecule has 9 heteroatoms. The maximum atomic E-state index is 13.7. The van der Waals surface area contributed by atoms with Gasteiger partial charge in [-0.05, 0) is 30.9 Å². The zero-order chi connectivity index (χ0) is 24.6. The number of nitrogens with zero attached hydrogens (tertiary/aromatic N) is 4. The van der Waals surface area contributed by atoms with Crippen molar-refractivity contribution >= 4 is 26.7 Å². The van der Waals surface area contributed by atoms with Gasteiger partial charge in [-0.25, -0.2) is 8.42 Å². The summed E-state index contributed by atoms with van der Waals surface area (Å²) in [6.07, 6.45) is 1.21. The second kappa shape index (κ2) is 9.24. The molecule has 0 radical (unpaired) electrons. The molecule has 1 aromatic heterocycles. The molecule has 1 fully saturated rings. The first kappa shape index (κ1) is 23.2. The highest BCUT2D eigenvalue weighted by Crippen LogP contribution is 2.30. The van der Waals surface area contributed by atoms with Crippen molar-refractivity contribution in [3.8, 4) is 0 Å². The Bertz CT molecular complexity index is 1460. The third-order valence-corrected chi connectivity index (χ3v) is 8.55. The predicted octanol–water partition coefficient (Wildman–Crippen LogP) is 3.58. The fourth-order valence-corrected chi connectivity index (χ4v) is 6.61. The van der Waals surface area contributed by atoms with E-state index in [1.807, 2.05) is 68.4 Å². The molecular weight excluding hydrogens is 464 g/mol. The van der Waals surface area contributed by atoms with Gasteiger partial charge in [0, 0.05) is 31.1 Å². The molecule has 180 valence electrons. The first-order valence-electron chi connectivity index (χ1n) is 11.5. The summed E-state index contributed by atoms with van der Waals surface area (Å²) in [5.74, 6) is -0.604. The van der Waals surface area contributed by atoms with Crippen LogP contribution in [0.4, 0.5) is 0 Å². The van der Waals surface area contributed by atoms with Crippen molar-refractivity contribution in [1.29, 1.82) is 0 Å². The lowest BCUT2D eigenvalue weighted by Gasteiger charge is -2.40. The molecule has 1 aliphatic rings. The molecule has 0 N–H and O–H groups in total. The molecule has 0 bridgehead atoms. The minimum Gasteiger partial charge on any atom is -0.343 e. The molecule has 35 heavy (non-hydrogen) atoms. The Kier molecular flexibility index (Phi) is 6.12. The molecule has 5 rings (SSSR count). The maximum Gasteiger partial charge on any atom is 0.244 e. The first-order chi connectivity index (χ1) is 16.9. The van der Waals surface area contributed by atoms with E-state index in [9.17, 15) is 13.2 Å². The van der Waals surface area contributed by atoms with Crippen molar-refractivity contribution in [3.05, 3.63) is 90.1 Å². The lowest BCUT2D eigenvalue weighted by molar-refractivity contribution is -0.134. The number of fused-ring (bicyclic) bond motifs is 1. The fourth-order valence-electron chi connectivity index (χ4n) is 4.79. The maximum absolute atomic E-state index is 13.7. The van der Waals surface area contributed by atoms with Crippen LogP contribution in [0, 0.1) is 6.92 Å². The Morgan fingerprint density at radius 1 is 1.06 bits per heavy atom. The third kappa shape index (κ3) is 4.33. The normalized spacial score (nSPS) is 18.0. The van der Waals surface area contributed by atoms with Crippen molar-refractivity contribution < 1.29 is 17.7 Å². The molecule has 3 aromatic carbocycles. The van der Waals surface area contributed by atoms with E-state index in [1.165, 1.54) is 10.7 Å². The van der Waals surface area contributed by atoms with Crippen LogP contribution in [-0.2, 0) is 14.8 Å². The smallest absolute Gasteiger partial charge is 0.244 e. The quantitative estimate of drug-likeness (QED) is 0.424. The summed E-state index contributed by atoms with van der Waals surface area (Å²) in [5, 5.41) is 5.50. The Balaban J connectivity index is 1.41. The van der Waals surface area contributed by atoms with Crippen molar-refractivity contribution in [3.63, 3.8) is 0 Å². The van der Waals surface area contributed by atoms with Crippen LogP contribution in [0.15, 0.2) is 82.5 Å². The lowest BCUT2D eigenvalue weighted by atomic mass is 9.95. The van der Waals surface area contributed by atoms with Gasteiger partial charge in [-0.1, -0.05) is 71.4 Å². The van der Waals surface area contributed by atoms with Crippen LogP contribution in [0.3, 0.4) is 0 Å². The standard InChI is InChI=1S/C26H26N4O4S/c1-18-7-5-10-21(15-18)24(25-27-17-34-28-25)26(31)29-13-14-30(19(2)16-29)35(32,33)23-12-6-9-20-8-3-4-11-22(20)23/h3-12,15,17,19,24H,13-14,16H2,1-2H3. The van der Waals surface area contributed by atoms with Crippen LogP contribution in [0.25, 0.3) is 10.8 Å². The Morgan fingerprint density at radius 3 is 2.57 bits per heavy atom. The largest absolute Gasteiger partial charge is 0.343 e. The minimum atomic E-state index is -3.75. The summed E-state index contributed by atoms with van der Waals surface area (Å²) in [6.45, 7) is 4.53. The van der Waals surface area contributed by atoms with Gasteiger partial charge in [-0.2, -0.15) is 9.29 Å². The van der Waals surface area contributed by atoms with Crippen molar-refractivity contribution in [2.45, 2.75) is 30.7 Å². The number of rotatable bonds is 5. The van der Waals surface area contributed by atoms with E-state index < -0.39 is 22.0 Å². The highest BCUT2D eigenvalue weighted by molar-refractivity contribution is 7.89. The van der Waals surface area contributed by atoms with Crippen LogP contribution in [0.2, 0.25) is 0 Å². The van der Waals surface area contributed by atoms with Gasteiger partial charge in [0.25, 0.3) is 0 Å². The number of hydrogen-bond acceptors (Lipinski definition) is 6. The van der Waals surface area contributed by atoms with Crippen molar-refractivity contribution in [2.75, 3.05) is 19.6 Å². The summed E-state index contributed by atoms with van der Waals surface area (Å²) < 4.78 is 33.7. The third-order valence-electron chi connectivity index (χ3n) is 6.47. The summed E-state index contributed by atoms with van der Waals surface area (Å²) in [7, 11) is -3.75. The van der Waals surface area contributed by atoms with E-state index >= 15 is 0 Å². The monoisotopic (exact) mass is 490 g/mol. The average molecular weight is 491 g/mol. The predicted molar refractivity (Wildman–Crippen MR) is 131 cm³/mol. The fraction of sp³-hybridized carbons (Fsp3) is 0.269. The van der Waals surface area contributed by atoms with Gasteiger partial charge in [-0.15, -0.1) is 0 Å². The van der Waals surface area contributed by atoms with Crippen LogP contribution in [0.5, 0.6) is 0 Å². The number of aromatic nitrogens is 2. The molecular formula is C26H26N4O4S. The SMILES string of the molecule is Cc1cccc(C(C(=O)N2CCN(S(=O)(=O)c3cccc4ccccc34)C(C)C2)c2ncon2)c1. The minimum absolute atomic E-state index is 0.175. The van der Waals surface area contributed by atoms with Gasteiger partial charge in [0.2, 0.25) is 22.3 Å². The Morgan fingerprint density at radius 2 is 1.83 bits per heavy atom. The number of carbonyl (C=O) groups excluding carboxylic acids is 1. The van der Waals surface area contributed by atoms with Crippen LogP contribution in [-0.4, -0.2) is 59.3 Å². The zero-order valence-electron chi connectivity index (χ0n) is 19.5. The number of benzene rings is 3. The molecule has 1 aliphatic heterocycles. The number of piperazine rings is 1. The molecule has 0 saturated carbocycles.